The van der Waals surface area contributed by atoms with Crippen molar-refractivity contribution < 1.29 is 18.3 Å². The van der Waals surface area contributed by atoms with Gasteiger partial charge in [-0.3, -0.25) is 0 Å². The predicted molar refractivity (Wildman–Crippen MR) is 45.8 cm³/mol. The second kappa shape index (κ2) is 3.49. The molecule has 2 nitrogen and oxygen atoms in total. The van der Waals surface area contributed by atoms with Gasteiger partial charge in [-0.15, -0.1) is 0 Å². The van der Waals surface area contributed by atoms with Crippen molar-refractivity contribution in [3.63, 3.8) is 0 Å². The average molecular weight is 205 g/mol. The maximum absolute atomic E-state index is 12.2. The van der Waals surface area contributed by atoms with Gasteiger partial charge in [0.05, 0.1) is 0 Å². The number of halogens is 3. The van der Waals surface area contributed by atoms with E-state index in [1.165, 1.54) is 18.2 Å². The van der Waals surface area contributed by atoms with Gasteiger partial charge in [0, 0.05) is 5.56 Å². The smallest absolute Gasteiger partial charge is 0.407 e. The standard InChI is InChI=1S/C9H10F3NO/c1-5-2-3-6(7(14)4-5)8(13)9(10,11)12/h2-4,8,14H,13H2,1H3/t8-/m0/s1. The minimum atomic E-state index is -4.53. The number of nitrogens with two attached hydrogens (primary N) is 1. The van der Waals surface area contributed by atoms with Crippen LogP contribution in [0.2, 0.25) is 0 Å². The third-order valence-corrected chi connectivity index (χ3v) is 1.87. The van der Waals surface area contributed by atoms with Crippen molar-refractivity contribution in [3.8, 4) is 5.75 Å². The van der Waals surface area contributed by atoms with Gasteiger partial charge in [-0.1, -0.05) is 12.1 Å². The Kier molecular flexibility index (Phi) is 2.71. The number of phenolic OH excluding ortho intramolecular Hbond substituents is 1. The van der Waals surface area contributed by atoms with Gasteiger partial charge in [-0.05, 0) is 18.6 Å². The van der Waals surface area contributed by atoms with Crippen LogP contribution in [0.4, 0.5) is 13.2 Å². The fourth-order valence-electron chi connectivity index (χ4n) is 1.09. The summed E-state index contributed by atoms with van der Waals surface area (Å²) < 4.78 is 36.5. The molecule has 5 heteroatoms. The molecular formula is C9H10F3NO. The molecule has 0 saturated carbocycles. The first-order valence-corrected chi connectivity index (χ1v) is 3.94. The van der Waals surface area contributed by atoms with Crippen molar-refractivity contribution in [2.45, 2.75) is 19.1 Å². The zero-order chi connectivity index (χ0) is 10.9. The lowest BCUT2D eigenvalue weighted by Gasteiger charge is -2.17. The molecule has 0 unspecified atom stereocenters. The van der Waals surface area contributed by atoms with Gasteiger partial charge in [0.15, 0.2) is 0 Å². The number of alkyl halides is 3. The van der Waals surface area contributed by atoms with Gasteiger partial charge in [0.1, 0.15) is 11.8 Å². The molecule has 0 amide bonds. The number of hydrogen-bond acceptors (Lipinski definition) is 2. The van der Waals surface area contributed by atoms with E-state index >= 15 is 0 Å². The number of phenols is 1. The van der Waals surface area contributed by atoms with Crippen molar-refractivity contribution in [1.82, 2.24) is 0 Å². The van der Waals surface area contributed by atoms with Crippen molar-refractivity contribution in [2.75, 3.05) is 0 Å². The van der Waals surface area contributed by atoms with Crippen LogP contribution in [0.1, 0.15) is 17.2 Å². The Labute approximate surface area is 79.2 Å². The maximum atomic E-state index is 12.2. The molecule has 1 aromatic carbocycles. The predicted octanol–water partition coefficient (Wildman–Crippen LogP) is 2.26. The quantitative estimate of drug-likeness (QED) is 0.738. The highest BCUT2D eigenvalue weighted by Gasteiger charge is 2.39. The minimum Gasteiger partial charge on any atom is -0.508 e. The van der Waals surface area contributed by atoms with Crippen LogP contribution in [0.5, 0.6) is 5.75 Å². The van der Waals surface area contributed by atoms with Gasteiger partial charge in [0.25, 0.3) is 0 Å². The zero-order valence-electron chi connectivity index (χ0n) is 7.47. The lowest BCUT2D eigenvalue weighted by Crippen LogP contribution is -2.28. The van der Waals surface area contributed by atoms with E-state index in [1.807, 2.05) is 0 Å². The summed E-state index contributed by atoms with van der Waals surface area (Å²) in [5.74, 6) is -0.421. The fourth-order valence-corrected chi connectivity index (χ4v) is 1.09. The second-order valence-electron chi connectivity index (χ2n) is 3.08. The first-order chi connectivity index (χ1) is 6.32. The molecule has 78 valence electrons. The topological polar surface area (TPSA) is 46.2 Å². The Morgan fingerprint density at radius 3 is 2.36 bits per heavy atom. The maximum Gasteiger partial charge on any atom is 0.407 e. The van der Waals surface area contributed by atoms with Crippen LogP contribution < -0.4 is 5.73 Å². The highest BCUT2D eigenvalue weighted by atomic mass is 19.4. The molecule has 1 atom stereocenters. The molecule has 0 heterocycles. The summed E-state index contributed by atoms with van der Waals surface area (Å²) in [5.41, 5.74) is 5.32. The Morgan fingerprint density at radius 2 is 1.93 bits per heavy atom. The van der Waals surface area contributed by atoms with E-state index < -0.39 is 18.0 Å². The van der Waals surface area contributed by atoms with E-state index in [0.29, 0.717) is 5.56 Å². The van der Waals surface area contributed by atoms with E-state index in [0.717, 1.165) is 0 Å². The summed E-state index contributed by atoms with van der Waals surface area (Å²) in [6.07, 6.45) is -4.53. The van der Waals surface area contributed by atoms with Crippen LogP contribution in [-0.4, -0.2) is 11.3 Å². The Balaban J connectivity index is 3.08. The SMILES string of the molecule is Cc1ccc([C@H](N)C(F)(F)F)c(O)c1. The van der Waals surface area contributed by atoms with Crippen LogP contribution in [0.15, 0.2) is 18.2 Å². The molecule has 3 N–H and O–H groups in total. The summed E-state index contributed by atoms with van der Waals surface area (Å²) in [5, 5.41) is 9.25. The molecule has 0 aliphatic carbocycles. The van der Waals surface area contributed by atoms with Gasteiger partial charge in [0.2, 0.25) is 0 Å². The molecule has 0 radical (unpaired) electrons. The summed E-state index contributed by atoms with van der Waals surface area (Å²) in [6.45, 7) is 1.67. The molecule has 0 aromatic heterocycles. The molecule has 0 aliphatic rings. The highest BCUT2D eigenvalue weighted by molar-refractivity contribution is 5.38. The monoisotopic (exact) mass is 205 g/mol. The number of benzene rings is 1. The van der Waals surface area contributed by atoms with Crippen LogP contribution in [0.25, 0.3) is 0 Å². The third-order valence-electron chi connectivity index (χ3n) is 1.87. The van der Waals surface area contributed by atoms with E-state index in [2.05, 4.69) is 0 Å². The van der Waals surface area contributed by atoms with E-state index in [-0.39, 0.29) is 5.56 Å². The Morgan fingerprint density at radius 1 is 1.36 bits per heavy atom. The highest BCUT2D eigenvalue weighted by Crippen LogP contribution is 2.34. The molecule has 0 aliphatic heterocycles. The van der Waals surface area contributed by atoms with E-state index in [1.54, 1.807) is 6.92 Å². The van der Waals surface area contributed by atoms with Crippen molar-refractivity contribution in [1.29, 1.82) is 0 Å². The van der Waals surface area contributed by atoms with Crippen LogP contribution >= 0.6 is 0 Å². The first-order valence-electron chi connectivity index (χ1n) is 3.94. The molecule has 0 fully saturated rings. The summed E-state index contributed by atoms with van der Waals surface area (Å²) in [6, 6.07) is 1.77. The van der Waals surface area contributed by atoms with Crippen LogP contribution in [0, 0.1) is 6.92 Å². The van der Waals surface area contributed by atoms with E-state index in [9.17, 15) is 18.3 Å². The summed E-state index contributed by atoms with van der Waals surface area (Å²) >= 11 is 0. The Bertz CT molecular complexity index is 335. The third kappa shape index (κ3) is 2.17. The summed E-state index contributed by atoms with van der Waals surface area (Å²) in [7, 11) is 0. The van der Waals surface area contributed by atoms with Gasteiger partial charge < -0.3 is 10.8 Å². The Hall–Kier alpha value is -1.23. The molecule has 1 aromatic rings. The second-order valence-corrected chi connectivity index (χ2v) is 3.08. The first kappa shape index (κ1) is 10.8. The van der Waals surface area contributed by atoms with Crippen LogP contribution in [0.3, 0.4) is 0 Å². The molecular weight excluding hydrogens is 195 g/mol. The molecule has 0 saturated heterocycles. The number of hydrogen-bond donors (Lipinski definition) is 2. The van der Waals surface area contributed by atoms with Crippen molar-refractivity contribution in [2.24, 2.45) is 5.73 Å². The van der Waals surface area contributed by atoms with Crippen LogP contribution in [-0.2, 0) is 0 Å². The largest absolute Gasteiger partial charge is 0.508 e. The molecule has 14 heavy (non-hydrogen) atoms. The average Bonchev–Trinajstić information content (AvgIpc) is 2.01. The lowest BCUT2D eigenvalue weighted by atomic mass is 10.0. The zero-order valence-corrected chi connectivity index (χ0v) is 7.47. The van der Waals surface area contributed by atoms with E-state index in [4.69, 9.17) is 5.73 Å². The molecule has 0 spiro atoms. The normalized spacial score (nSPS) is 14.1. The minimum absolute atomic E-state index is 0.303. The number of aryl methyl sites for hydroxylation is 1. The number of rotatable bonds is 1. The lowest BCUT2D eigenvalue weighted by molar-refractivity contribution is -0.149. The fraction of sp³-hybridized carbons (Fsp3) is 0.333. The summed E-state index contributed by atoms with van der Waals surface area (Å²) in [4.78, 5) is 0. The molecule has 0 bridgehead atoms. The molecule has 1 rings (SSSR count). The van der Waals surface area contributed by atoms with Gasteiger partial charge >= 0.3 is 6.18 Å². The van der Waals surface area contributed by atoms with Crippen molar-refractivity contribution >= 4 is 0 Å². The van der Waals surface area contributed by atoms with Gasteiger partial charge in [-0.25, -0.2) is 0 Å². The van der Waals surface area contributed by atoms with Crippen molar-refractivity contribution in [3.05, 3.63) is 29.3 Å². The number of aromatic hydroxyl groups is 1. The van der Waals surface area contributed by atoms with Gasteiger partial charge in [-0.2, -0.15) is 13.2 Å².